The van der Waals surface area contributed by atoms with Crippen molar-refractivity contribution in [2.45, 2.75) is 65.3 Å². The Hall–Kier alpha value is -0.0500. The molecule has 3 heteroatoms. The van der Waals surface area contributed by atoms with Crippen LogP contribution in [0.5, 0.6) is 0 Å². The average molecular weight is 302 g/mol. The second-order valence-electron chi connectivity index (χ2n) is 5.31. The molecule has 0 aromatic carbocycles. The van der Waals surface area contributed by atoms with E-state index in [-0.39, 0.29) is 0 Å². The first-order valence-electron chi connectivity index (χ1n) is 7.68. The lowest BCUT2D eigenvalue weighted by Gasteiger charge is -2.27. The fraction of sp³-hybridized carbons (Fsp3) is 0.750. The van der Waals surface area contributed by atoms with Crippen LogP contribution in [-0.2, 0) is 6.42 Å². The molecule has 0 spiro atoms. The molecule has 0 amide bonds. The van der Waals surface area contributed by atoms with Crippen LogP contribution in [0.25, 0.3) is 0 Å². The third kappa shape index (κ3) is 6.29. The largest absolute Gasteiger partial charge is 0.313 e. The van der Waals surface area contributed by atoms with E-state index >= 15 is 0 Å². The van der Waals surface area contributed by atoms with E-state index in [1.165, 1.54) is 37.0 Å². The van der Waals surface area contributed by atoms with Gasteiger partial charge >= 0.3 is 0 Å². The second-order valence-corrected chi connectivity index (χ2v) is 7.11. The summed E-state index contributed by atoms with van der Waals surface area (Å²) in [4.78, 5) is 1.41. The molecule has 0 fully saturated rings. The zero-order valence-corrected chi connectivity index (χ0v) is 14.1. The Kier molecular flexibility index (Phi) is 8.76. The summed E-state index contributed by atoms with van der Waals surface area (Å²) in [6, 6.07) is 4.81. The molecule has 1 atom stereocenters. The Morgan fingerprint density at radius 1 is 1.11 bits per heavy atom. The van der Waals surface area contributed by atoms with E-state index in [0.717, 1.165) is 23.2 Å². The normalized spacial score (nSPS) is 13.1. The van der Waals surface area contributed by atoms with Crippen LogP contribution in [0.15, 0.2) is 12.1 Å². The standard InChI is InChI=1S/C16H28ClNS/c1-4-7-13(8-5-2)15(18-11-6-3)12-14-9-10-16(17)19-14/h9-10,13,15,18H,4-8,11-12H2,1-3H3. The first-order valence-corrected chi connectivity index (χ1v) is 8.88. The highest BCUT2D eigenvalue weighted by Crippen LogP contribution is 2.26. The Balaban J connectivity index is 2.67. The minimum Gasteiger partial charge on any atom is -0.313 e. The van der Waals surface area contributed by atoms with Gasteiger partial charge in [0.2, 0.25) is 0 Å². The van der Waals surface area contributed by atoms with Crippen LogP contribution >= 0.6 is 22.9 Å². The Bertz CT molecular complexity index is 331. The highest BCUT2D eigenvalue weighted by Gasteiger charge is 2.20. The van der Waals surface area contributed by atoms with E-state index in [1.54, 1.807) is 11.3 Å². The van der Waals surface area contributed by atoms with Crippen molar-refractivity contribution in [1.82, 2.24) is 5.32 Å². The summed E-state index contributed by atoms with van der Waals surface area (Å²) in [6.07, 6.45) is 7.54. The van der Waals surface area contributed by atoms with E-state index in [2.05, 4.69) is 32.2 Å². The highest BCUT2D eigenvalue weighted by atomic mass is 35.5. The van der Waals surface area contributed by atoms with Crippen LogP contribution in [0.2, 0.25) is 4.34 Å². The monoisotopic (exact) mass is 301 g/mol. The number of nitrogens with one attached hydrogen (secondary N) is 1. The van der Waals surface area contributed by atoms with E-state index < -0.39 is 0 Å². The maximum atomic E-state index is 6.05. The van der Waals surface area contributed by atoms with Crippen LogP contribution in [0.1, 0.15) is 57.8 Å². The van der Waals surface area contributed by atoms with Gasteiger partial charge in [-0.25, -0.2) is 0 Å². The van der Waals surface area contributed by atoms with Crippen LogP contribution < -0.4 is 5.32 Å². The molecule has 1 heterocycles. The lowest BCUT2D eigenvalue weighted by molar-refractivity contribution is 0.310. The summed E-state index contributed by atoms with van der Waals surface area (Å²) in [5.74, 6) is 0.794. The van der Waals surface area contributed by atoms with Gasteiger partial charge in [-0.05, 0) is 50.3 Å². The van der Waals surface area contributed by atoms with Crippen LogP contribution in [0.3, 0.4) is 0 Å². The van der Waals surface area contributed by atoms with Gasteiger partial charge in [0, 0.05) is 10.9 Å². The Labute approximate surface area is 127 Å². The van der Waals surface area contributed by atoms with Gasteiger partial charge in [0.25, 0.3) is 0 Å². The maximum absolute atomic E-state index is 6.05. The van der Waals surface area contributed by atoms with Gasteiger partial charge in [-0.2, -0.15) is 0 Å². The molecule has 0 saturated carbocycles. The molecule has 0 aliphatic heterocycles. The maximum Gasteiger partial charge on any atom is 0.0931 e. The van der Waals surface area contributed by atoms with Crippen molar-refractivity contribution in [1.29, 1.82) is 0 Å². The number of rotatable bonds is 10. The molecule has 0 aliphatic carbocycles. The molecule has 0 bridgehead atoms. The van der Waals surface area contributed by atoms with E-state index in [4.69, 9.17) is 11.6 Å². The Morgan fingerprint density at radius 2 is 1.79 bits per heavy atom. The minimum absolute atomic E-state index is 0.606. The van der Waals surface area contributed by atoms with Gasteiger partial charge in [-0.15, -0.1) is 11.3 Å². The number of hydrogen-bond acceptors (Lipinski definition) is 2. The predicted octanol–water partition coefficient (Wildman–Crippen LogP) is 5.53. The van der Waals surface area contributed by atoms with Crippen molar-refractivity contribution in [2.24, 2.45) is 5.92 Å². The van der Waals surface area contributed by atoms with Crippen LogP contribution in [0.4, 0.5) is 0 Å². The van der Waals surface area contributed by atoms with Crippen molar-refractivity contribution in [3.8, 4) is 0 Å². The van der Waals surface area contributed by atoms with Crippen LogP contribution in [-0.4, -0.2) is 12.6 Å². The fourth-order valence-electron chi connectivity index (χ4n) is 2.70. The summed E-state index contributed by atoms with van der Waals surface area (Å²) in [5.41, 5.74) is 0. The van der Waals surface area contributed by atoms with Crippen molar-refractivity contribution in [3.63, 3.8) is 0 Å². The topological polar surface area (TPSA) is 12.0 Å². The molecule has 1 aromatic heterocycles. The van der Waals surface area contributed by atoms with E-state index in [1.807, 2.05) is 6.07 Å². The van der Waals surface area contributed by atoms with Gasteiger partial charge in [-0.1, -0.05) is 45.2 Å². The van der Waals surface area contributed by atoms with Gasteiger partial charge in [0.05, 0.1) is 4.34 Å². The molecular weight excluding hydrogens is 274 g/mol. The molecule has 1 aromatic rings. The zero-order valence-electron chi connectivity index (χ0n) is 12.5. The summed E-state index contributed by atoms with van der Waals surface area (Å²) < 4.78 is 0.909. The predicted molar refractivity (Wildman–Crippen MR) is 88.4 cm³/mol. The molecule has 0 aliphatic rings. The third-order valence-electron chi connectivity index (χ3n) is 3.59. The van der Waals surface area contributed by atoms with Crippen LogP contribution in [0, 0.1) is 5.92 Å². The van der Waals surface area contributed by atoms with E-state index in [9.17, 15) is 0 Å². The number of hydrogen-bond donors (Lipinski definition) is 1. The van der Waals surface area contributed by atoms with Crippen molar-refractivity contribution >= 4 is 22.9 Å². The summed E-state index contributed by atoms with van der Waals surface area (Å²) >= 11 is 7.78. The number of thiophene rings is 1. The molecule has 19 heavy (non-hydrogen) atoms. The average Bonchev–Trinajstić information content (AvgIpc) is 2.80. The number of halogens is 1. The SMILES string of the molecule is CCCNC(Cc1ccc(Cl)s1)C(CCC)CCC. The smallest absolute Gasteiger partial charge is 0.0931 e. The fourth-order valence-corrected chi connectivity index (χ4v) is 3.85. The molecule has 1 unspecified atom stereocenters. The first kappa shape index (κ1) is 17.0. The zero-order chi connectivity index (χ0) is 14.1. The summed E-state index contributed by atoms with van der Waals surface area (Å²) in [7, 11) is 0. The summed E-state index contributed by atoms with van der Waals surface area (Å²) in [6.45, 7) is 7.94. The van der Waals surface area contributed by atoms with Gasteiger partial charge < -0.3 is 5.32 Å². The van der Waals surface area contributed by atoms with Gasteiger partial charge in [0.1, 0.15) is 0 Å². The van der Waals surface area contributed by atoms with Gasteiger partial charge in [-0.3, -0.25) is 0 Å². The lowest BCUT2D eigenvalue weighted by Crippen LogP contribution is -2.38. The van der Waals surface area contributed by atoms with Gasteiger partial charge in [0.15, 0.2) is 0 Å². The molecular formula is C16H28ClNS. The van der Waals surface area contributed by atoms with E-state index in [0.29, 0.717) is 6.04 Å². The third-order valence-corrected chi connectivity index (χ3v) is 4.85. The molecule has 0 saturated heterocycles. The first-order chi connectivity index (χ1) is 9.21. The molecule has 1 N–H and O–H groups in total. The lowest BCUT2D eigenvalue weighted by atomic mass is 9.88. The highest BCUT2D eigenvalue weighted by molar-refractivity contribution is 7.16. The molecule has 1 rings (SSSR count). The molecule has 0 radical (unpaired) electrons. The summed E-state index contributed by atoms with van der Waals surface area (Å²) in [5, 5.41) is 3.76. The molecule has 1 nitrogen and oxygen atoms in total. The van der Waals surface area contributed by atoms with Crippen molar-refractivity contribution in [3.05, 3.63) is 21.3 Å². The van der Waals surface area contributed by atoms with Crippen molar-refractivity contribution < 1.29 is 0 Å². The molecule has 110 valence electrons. The Morgan fingerprint density at radius 3 is 2.26 bits per heavy atom. The second kappa shape index (κ2) is 9.79. The quantitative estimate of drug-likeness (QED) is 0.599. The minimum atomic E-state index is 0.606. The van der Waals surface area contributed by atoms with Crippen molar-refractivity contribution in [2.75, 3.05) is 6.54 Å².